The number of likely N-dealkylation sites (tertiary alicyclic amines) is 1. The number of aryl methyl sites for hydroxylation is 1. The van der Waals surface area contributed by atoms with Crippen LogP contribution in [0.2, 0.25) is 5.02 Å². The Morgan fingerprint density at radius 3 is 2.64 bits per heavy atom. The summed E-state index contributed by atoms with van der Waals surface area (Å²) in [4.78, 5) is 16.1. The van der Waals surface area contributed by atoms with E-state index in [1.165, 1.54) is 0 Å². The topological polar surface area (TPSA) is 69.7 Å². The summed E-state index contributed by atoms with van der Waals surface area (Å²) in [6, 6.07) is 5.58. The molecule has 1 aromatic carbocycles. The molecule has 0 bridgehead atoms. The first kappa shape index (κ1) is 19.8. The highest BCUT2D eigenvalue weighted by atomic mass is 35.5. The van der Waals surface area contributed by atoms with Crippen LogP contribution in [-0.4, -0.2) is 51.9 Å². The normalized spacial score (nSPS) is 15.9. The molecule has 1 N–H and O–H groups in total. The number of piperidine rings is 1. The maximum Gasteiger partial charge on any atom is 0.242 e. The lowest BCUT2D eigenvalue weighted by Crippen LogP contribution is -2.48. The Kier molecular flexibility index (Phi) is 6.48. The van der Waals surface area contributed by atoms with Crippen molar-refractivity contribution in [1.29, 1.82) is 0 Å². The highest BCUT2D eigenvalue weighted by Crippen LogP contribution is 2.26. The highest BCUT2D eigenvalue weighted by molar-refractivity contribution is 7.92. The Balaban J connectivity index is 1.89. The van der Waals surface area contributed by atoms with E-state index in [1.54, 1.807) is 4.90 Å². The molecule has 6 nitrogen and oxygen atoms in total. The van der Waals surface area contributed by atoms with Crippen LogP contribution in [0.15, 0.2) is 30.2 Å². The number of amides is 1. The van der Waals surface area contributed by atoms with Gasteiger partial charge in [-0.05, 0) is 37.5 Å². The number of rotatable bonds is 6. The number of hydrogen-bond acceptors (Lipinski definition) is 4. The average Bonchev–Trinajstić information content (AvgIpc) is 2.55. The molecule has 0 atom stereocenters. The highest BCUT2D eigenvalue weighted by Gasteiger charge is 2.25. The van der Waals surface area contributed by atoms with Gasteiger partial charge in [-0.3, -0.25) is 4.79 Å². The van der Waals surface area contributed by atoms with Crippen molar-refractivity contribution in [2.45, 2.75) is 25.8 Å². The van der Waals surface area contributed by atoms with E-state index in [-0.39, 0.29) is 18.5 Å². The molecule has 0 aromatic heterocycles. The molecule has 0 unspecified atom stereocenters. The lowest BCUT2D eigenvalue weighted by molar-refractivity contribution is -0.130. The number of carbonyl (C=O) groups excluding carboxylic acids is 1. The molecular weight excluding hydrogens is 362 g/mol. The maximum absolute atomic E-state index is 12.5. The number of halogens is 1. The quantitative estimate of drug-likeness (QED) is 0.814. The van der Waals surface area contributed by atoms with Gasteiger partial charge in [-0.25, -0.2) is 13.1 Å². The van der Waals surface area contributed by atoms with Crippen LogP contribution in [-0.2, 0) is 14.8 Å². The number of hydrogen-bond donors (Lipinski definition) is 1. The molecule has 138 valence electrons. The van der Waals surface area contributed by atoms with Gasteiger partial charge in [0.1, 0.15) is 0 Å². The minimum absolute atomic E-state index is 0.00386. The van der Waals surface area contributed by atoms with Gasteiger partial charge in [-0.1, -0.05) is 24.2 Å². The third kappa shape index (κ3) is 5.45. The van der Waals surface area contributed by atoms with E-state index in [2.05, 4.69) is 11.3 Å². The average molecular weight is 386 g/mol. The van der Waals surface area contributed by atoms with E-state index < -0.39 is 10.0 Å². The summed E-state index contributed by atoms with van der Waals surface area (Å²) in [6.07, 6.45) is 1.18. The molecule has 0 saturated carbocycles. The van der Waals surface area contributed by atoms with E-state index in [1.807, 2.05) is 37.1 Å². The molecule has 1 amide bonds. The van der Waals surface area contributed by atoms with Gasteiger partial charge in [0, 0.05) is 31.6 Å². The number of nitrogens with zero attached hydrogens (tertiary/aromatic N) is 2. The van der Waals surface area contributed by atoms with Gasteiger partial charge in [0.25, 0.3) is 0 Å². The van der Waals surface area contributed by atoms with E-state index >= 15 is 0 Å². The summed E-state index contributed by atoms with van der Waals surface area (Å²) in [7, 11) is -1.60. The van der Waals surface area contributed by atoms with Gasteiger partial charge in [0.2, 0.25) is 15.9 Å². The van der Waals surface area contributed by atoms with Crippen LogP contribution in [0.3, 0.4) is 0 Å². The molecule has 1 fully saturated rings. The minimum atomic E-state index is -3.43. The molecule has 1 aliphatic heterocycles. The third-order valence-electron chi connectivity index (χ3n) is 4.28. The molecule has 1 heterocycles. The molecule has 1 saturated heterocycles. The summed E-state index contributed by atoms with van der Waals surface area (Å²) >= 11 is 6.25. The number of anilines is 1. The van der Waals surface area contributed by atoms with E-state index in [0.29, 0.717) is 31.0 Å². The molecule has 0 radical (unpaired) electrons. The fraction of sp³-hybridized carbons (Fsp3) is 0.471. The Bertz CT molecular complexity index is 744. The third-order valence-corrected chi connectivity index (χ3v) is 5.69. The summed E-state index contributed by atoms with van der Waals surface area (Å²) in [6.45, 7) is 6.53. The molecule has 8 heteroatoms. The molecule has 0 spiro atoms. The first-order valence-corrected chi connectivity index (χ1v) is 10.0. The zero-order chi connectivity index (χ0) is 18.6. The largest absolute Gasteiger partial charge is 0.364 e. The van der Waals surface area contributed by atoms with Gasteiger partial charge < -0.3 is 9.80 Å². The number of sulfonamides is 1. The van der Waals surface area contributed by atoms with Crippen LogP contribution < -0.4 is 9.62 Å². The predicted molar refractivity (Wildman–Crippen MR) is 101 cm³/mol. The second-order valence-electron chi connectivity index (χ2n) is 6.30. The second kappa shape index (κ2) is 8.21. The number of carbonyl (C=O) groups is 1. The van der Waals surface area contributed by atoms with Crippen molar-refractivity contribution in [3.8, 4) is 0 Å². The summed E-state index contributed by atoms with van der Waals surface area (Å²) in [5, 5.41) is 1.53. The fourth-order valence-electron chi connectivity index (χ4n) is 2.84. The Labute approximate surface area is 154 Å². The van der Waals surface area contributed by atoms with E-state index in [0.717, 1.165) is 16.7 Å². The maximum atomic E-state index is 12.5. The van der Waals surface area contributed by atoms with Crippen molar-refractivity contribution in [3.05, 3.63) is 40.8 Å². The lowest BCUT2D eigenvalue weighted by Gasteiger charge is -2.33. The van der Waals surface area contributed by atoms with E-state index in [4.69, 9.17) is 11.6 Å². The first-order valence-electron chi connectivity index (χ1n) is 8.11. The SMILES string of the molecule is C=CS(=O)(=O)NC1CCN(C(=O)CN(C)c2ccc(C)cc2Cl)CC1. The molecule has 1 aromatic rings. The zero-order valence-electron chi connectivity index (χ0n) is 14.5. The Morgan fingerprint density at radius 1 is 1.44 bits per heavy atom. The molecular formula is C17H24ClN3O3S. The number of benzene rings is 1. The molecule has 0 aliphatic carbocycles. The van der Waals surface area contributed by atoms with Crippen molar-refractivity contribution in [1.82, 2.24) is 9.62 Å². The Hall–Kier alpha value is -1.57. The summed E-state index contributed by atoms with van der Waals surface area (Å²) < 4.78 is 25.6. The number of likely N-dealkylation sites (N-methyl/N-ethyl adjacent to an activating group) is 1. The van der Waals surface area contributed by atoms with Crippen LogP contribution in [0.1, 0.15) is 18.4 Å². The lowest BCUT2D eigenvalue weighted by atomic mass is 10.1. The standard InChI is InChI=1S/C17H24ClN3O3S/c1-4-25(23,24)19-14-7-9-21(10-8-14)17(22)12-20(3)16-6-5-13(2)11-15(16)18/h4-6,11,14,19H,1,7-10,12H2,2-3H3. The molecule has 2 rings (SSSR count). The van der Waals surface area contributed by atoms with Crippen molar-refractivity contribution >= 4 is 33.2 Å². The van der Waals surface area contributed by atoms with Gasteiger partial charge in [0.05, 0.1) is 17.3 Å². The van der Waals surface area contributed by atoms with Crippen LogP contribution in [0.25, 0.3) is 0 Å². The van der Waals surface area contributed by atoms with Crippen LogP contribution in [0, 0.1) is 6.92 Å². The van der Waals surface area contributed by atoms with Crippen LogP contribution in [0.4, 0.5) is 5.69 Å². The molecule has 1 aliphatic rings. The fourth-order valence-corrected chi connectivity index (χ4v) is 4.01. The minimum Gasteiger partial charge on any atom is -0.364 e. The summed E-state index contributed by atoms with van der Waals surface area (Å²) in [5.74, 6) is 0.00386. The summed E-state index contributed by atoms with van der Waals surface area (Å²) in [5.41, 5.74) is 1.88. The van der Waals surface area contributed by atoms with Gasteiger partial charge in [0.15, 0.2) is 0 Å². The first-order chi connectivity index (χ1) is 11.7. The van der Waals surface area contributed by atoms with Crippen molar-refractivity contribution in [3.63, 3.8) is 0 Å². The van der Waals surface area contributed by atoms with Crippen molar-refractivity contribution in [2.24, 2.45) is 0 Å². The van der Waals surface area contributed by atoms with Gasteiger partial charge in [-0.15, -0.1) is 0 Å². The monoisotopic (exact) mass is 385 g/mol. The Morgan fingerprint density at radius 2 is 2.08 bits per heavy atom. The molecule has 25 heavy (non-hydrogen) atoms. The smallest absolute Gasteiger partial charge is 0.242 e. The van der Waals surface area contributed by atoms with Gasteiger partial charge in [-0.2, -0.15) is 0 Å². The van der Waals surface area contributed by atoms with Crippen molar-refractivity contribution in [2.75, 3.05) is 31.6 Å². The van der Waals surface area contributed by atoms with Gasteiger partial charge >= 0.3 is 0 Å². The van der Waals surface area contributed by atoms with Crippen LogP contribution in [0.5, 0.6) is 0 Å². The van der Waals surface area contributed by atoms with Crippen molar-refractivity contribution < 1.29 is 13.2 Å². The predicted octanol–water partition coefficient (Wildman–Crippen LogP) is 2.14. The van der Waals surface area contributed by atoms with E-state index in [9.17, 15) is 13.2 Å². The zero-order valence-corrected chi connectivity index (χ0v) is 16.1. The second-order valence-corrected chi connectivity index (χ2v) is 8.36. The van der Waals surface area contributed by atoms with Crippen LogP contribution >= 0.6 is 11.6 Å². The number of nitrogens with one attached hydrogen (secondary N) is 1.